The number of carbonyl (C=O) groups is 2. The second-order valence-electron chi connectivity index (χ2n) is 7.68. The SMILES string of the molecule is C/C1=C/C(=O)O[C@@H]2CCN3CC[C@H](COC(=O)[C@@](C)(O)[C@@H](C)C1)[C@H]23. The molecule has 3 aliphatic heterocycles. The van der Waals surface area contributed by atoms with E-state index < -0.39 is 11.6 Å². The van der Waals surface area contributed by atoms with Crippen LogP contribution in [-0.4, -0.2) is 59.4 Å². The van der Waals surface area contributed by atoms with E-state index in [1.54, 1.807) is 6.92 Å². The number of hydrogen-bond acceptors (Lipinski definition) is 6. The zero-order chi connectivity index (χ0) is 17.5. The fraction of sp³-hybridized carbons (Fsp3) is 0.778. The van der Waals surface area contributed by atoms with Crippen molar-refractivity contribution in [3.63, 3.8) is 0 Å². The van der Waals surface area contributed by atoms with Crippen molar-refractivity contribution in [2.75, 3.05) is 19.7 Å². The van der Waals surface area contributed by atoms with Gasteiger partial charge in [-0.3, -0.25) is 4.90 Å². The van der Waals surface area contributed by atoms with Crippen molar-refractivity contribution in [2.24, 2.45) is 11.8 Å². The molecule has 5 atom stereocenters. The zero-order valence-electron chi connectivity index (χ0n) is 14.7. The Kier molecular flexibility index (Phi) is 4.71. The lowest BCUT2D eigenvalue weighted by Crippen LogP contribution is -2.44. The quantitative estimate of drug-likeness (QED) is 0.671. The molecule has 0 aromatic heterocycles. The maximum Gasteiger partial charge on any atom is 0.338 e. The van der Waals surface area contributed by atoms with Gasteiger partial charge in [-0.1, -0.05) is 12.5 Å². The van der Waals surface area contributed by atoms with Gasteiger partial charge in [-0.2, -0.15) is 0 Å². The maximum atomic E-state index is 12.4. The van der Waals surface area contributed by atoms with Crippen LogP contribution in [0.1, 0.15) is 40.0 Å². The van der Waals surface area contributed by atoms with Crippen molar-refractivity contribution >= 4 is 11.9 Å². The first-order chi connectivity index (χ1) is 11.3. The van der Waals surface area contributed by atoms with E-state index in [0.717, 1.165) is 31.5 Å². The van der Waals surface area contributed by atoms with Crippen LogP contribution < -0.4 is 0 Å². The minimum atomic E-state index is -1.57. The summed E-state index contributed by atoms with van der Waals surface area (Å²) in [6, 6.07) is 0.110. The Balaban J connectivity index is 1.86. The van der Waals surface area contributed by atoms with Gasteiger partial charge >= 0.3 is 11.9 Å². The third kappa shape index (κ3) is 3.22. The largest absolute Gasteiger partial charge is 0.463 e. The topological polar surface area (TPSA) is 76.1 Å². The van der Waals surface area contributed by atoms with E-state index >= 15 is 0 Å². The van der Waals surface area contributed by atoms with Gasteiger partial charge in [-0.15, -0.1) is 0 Å². The fourth-order valence-electron chi connectivity index (χ4n) is 4.18. The summed E-state index contributed by atoms with van der Waals surface area (Å²) in [5.41, 5.74) is -0.780. The molecule has 2 fully saturated rings. The number of cyclic esters (lactones) is 1. The monoisotopic (exact) mass is 337 g/mol. The van der Waals surface area contributed by atoms with Crippen LogP contribution in [0, 0.1) is 11.8 Å². The van der Waals surface area contributed by atoms with E-state index in [0.29, 0.717) is 6.42 Å². The van der Waals surface area contributed by atoms with Crippen molar-refractivity contribution in [2.45, 2.75) is 57.8 Å². The maximum absolute atomic E-state index is 12.4. The smallest absolute Gasteiger partial charge is 0.338 e. The van der Waals surface area contributed by atoms with Crippen molar-refractivity contribution in [3.05, 3.63) is 11.6 Å². The number of ether oxygens (including phenoxy) is 2. The van der Waals surface area contributed by atoms with E-state index in [1.807, 2.05) is 6.92 Å². The van der Waals surface area contributed by atoms with Crippen molar-refractivity contribution in [1.82, 2.24) is 4.90 Å². The number of rotatable bonds is 0. The molecule has 3 heterocycles. The van der Waals surface area contributed by atoms with Gasteiger partial charge in [0.05, 0.1) is 12.6 Å². The van der Waals surface area contributed by atoms with Gasteiger partial charge in [0, 0.05) is 18.5 Å². The normalized spacial score (nSPS) is 43.6. The van der Waals surface area contributed by atoms with Crippen molar-refractivity contribution in [1.29, 1.82) is 0 Å². The van der Waals surface area contributed by atoms with Gasteiger partial charge in [0.25, 0.3) is 0 Å². The number of aliphatic hydroxyl groups is 1. The van der Waals surface area contributed by atoms with Gasteiger partial charge in [-0.05, 0) is 45.6 Å². The second-order valence-corrected chi connectivity index (χ2v) is 7.68. The molecule has 6 nitrogen and oxygen atoms in total. The molecule has 0 saturated carbocycles. The average Bonchev–Trinajstić information content (AvgIpc) is 3.06. The summed E-state index contributed by atoms with van der Waals surface area (Å²) in [5.74, 6) is -1.12. The molecule has 134 valence electrons. The van der Waals surface area contributed by atoms with E-state index in [4.69, 9.17) is 9.47 Å². The van der Waals surface area contributed by atoms with E-state index in [9.17, 15) is 14.7 Å². The van der Waals surface area contributed by atoms with Crippen LogP contribution in [0.5, 0.6) is 0 Å². The van der Waals surface area contributed by atoms with E-state index in [-0.39, 0.29) is 36.6 Å². The molecule has 24 heavy (non-hydrogen) atoms. The molecule has 0 aromatic carbocycles. The van der Waals surface area contributed by atoms with Crippen LogP contribution in [0.3, 0.4) is 0 Å². The van der Waals surface area contributed by atoms with Crippen LogP contribution in [0.4, 0.5) is 0 Å². The minimum Gasteiger partial charge on any atom is -0.463 e. The predicted molar refractivity (Wildman–Crippen MR) is 87.1 cm³/mol. The lowest BCUT2D eigenvalue weighted by atomic mass is 9.85. The van der Waals surface area contributed by atoms with Crippen LogP contribution >= 0.6 is 0 Å². The third-order valence-electron chi connectivity index (χ3n) is 5.83. The standard InChI is InChI=1S/C18H27NO5/c1-11-8-12(2)18(3,22)17(21)23-10-13-4-6-19-7-5-14(16(13)19)24-15(20)9-11/h9,12-14,16,22H,4-8,10H2,1-3H3/b11-9-/t12-,13+,14+,16+,18-/m0/s1. The second kappa shape index (κ2) is 6.48. The summed E-state index contributed by atoms with van der Waals surface area (Å²) in [6.07, 6.45) is 3.51. The molecule has 0 radical (unpaired) electrons. The Bertz CT molecular complexity index is 556. The molecule has 0 amide bonds. The van der Waals surface area contributed by atoms with Crippen molar-refractivity contribution in [3.8, 4) is 0 Å². The molecule has 0 spiro atoms. The molecule has 0 aromatic rings. The number of hydrogen-bond donors (Lipinski definition) is 1. The van der Waals surface area contributed by atoms with E-state index in [1.165, 1.54) is 13.0 Å². The molecule has 0 aliphatic carbocycles. The molecule has 1 N–H and O–H groups in total. The molecular weight excluding hydrogens is 310 g/mol. The first-order valence-corrected chi connectivity index (χ1v) is 8.80. The predicted octanol–water partition coefficient (Wildman–Crippen LogP) is 1.27. The van der Waals surface area contributed by atoms with Crippen LogP contribution in [-0.2, 0) is 19.1 Å². The highest BCUT2D eigenvalue weighted by molar-refractivity contribution is 5.83. The zero-order valence-corrected chi connectivity index (χ0v) is 14.7. The Morgan fingerprint density at radius 1 is 1.29 bits per heavy atom. The van der Waals surface area contributed by atoms with Gasteiger partial charge in [0.1, 0.15) is 6.10 Å². The summed E-state index contributed by atoms with van der Waals surface area (Å²) in [7, 11) is 0. The number of nitrogens with zero attached hydrogens (tertiary/aromatic N) is 1. The Morgan fingerprint density at radius 3 is 2.75 bits per heavy atom. The van der Waals surface area contributed by atoms with Crippen LogP contribution in [0.25, 0.3) is 0 Å². The lowest BCUT2D eigenvalue weighted by molar-refractivity contribution is -0.171. The van der Waals surface area contributed by atoms with Gasteiger partial charge in [0.15, 0.2) is 5.60 Å². The molecule has 3 rings (SSSR count). The van der Waals surface area contributed by atoms with Gasteiger partial charge in [0.2, 0.25) is 0 Å². The summed E-state index contributed by atoms with van der Waals surface area (Å²) < 4.78 is 11.2. The highest BCUT2D eigenvalue weighted by atomic mass is 16.6. The number of carbonyl (C=O) groups excluding carboxylic acids is 2. The fourth-order valence-corrected chi connectivity index (χ4v) is 4.18. The first-order valence-electron chi connectivity index (χ1n) is 8.80. The molecule has 3 aliphatic rings. The van der Waals surface area contributed by atoms with Crippen molar-refractivity contribution < 1.29 is 24.2 Å². The van der Waals surface area contributed by atoms with E-state index in [2.05, 4.69) is 4.90 Å². The molecule has 6 heteroatoms. The summed E-state index contributed by atoms with van der Waals surface area (Å²) >= 11 is 0. The summed E-state index contributed by atoms with van der Waals surface area (Å²) in [4.78, 5) is 26.9. The minimum absolute atomic E-state index is 0.110. The van der Waals surface area contributed by atoms with Crippen LogP contribution in [0.2, 0.25) is 0 Å². The molecular formula is C18H27NO5. The van der Waals surface area contributed by atoms with Crippen LogP contribution in [0.15, 0.2) is 11.6 Å². The summed E-state index contributed by atoms with van der Waals surface area (Å²) in [6.45, 7) is 7.20. The first kappa shape index (κ1) is 17.4. The Morgan fingerprint density at radius 2 is 2.00 bits per heavy atom. The highest BCUT2D eigenvalue weighted by Gasteiger charge is 2.47. The lowest BCUT2D eigenvalue weighted by Gasteiger charge is -2.29. The molecule has 0 bridgehead atoms. The highest BCUT2D eigenvalue weighted by Crippen LogP contribution is 2.36. The average molecular weight is 337 g/mol. The molecule has 2 saturated heterocycles. The Hall–Kier alpha value is -1.40. The third-order valence-corrected chi connectivity index (χ3v) is 5.83. The van der Waals surface area contributed by atoms with Gasteiger partial charge in [-0.25, -0.2) is 9.59 Å². The Labute approximate surface area is 142 Å². The molecule has 0 unspecified atom stereocenters. The van der Waals surface area contributed by atoms with Gasteiger partial charge < -0.3 is 14.6 Å². The number of allylic oxidation sites excluding steroid dienone is 1. The number of esters is 2. The summed E-state index contributed by atoms with van der Waals surface area (Å²) in [5, 5.41) is 10.6.